The molecule has 1 aliphatic carbocycles. The summed E-state index contributed by atoms with van der Waals surface area (Å²) in [6, 6.07) is 0.647. The van der Waals surface area contributed by atoms with Crippen molar-refractivity contribution in [2.45, 2.75) is 51.6 Å². The second-order valence-electron chi connectivity index (χ2n) is 5.85. The molecular weight excluding hydrogens is 200 g/mol. The van der Waals surface area contributed by atoms with E-state index in [9.17, 15) is 5.11 Å². The molecule has 1 aliphatic rings. The molecule has 0 radical (unpaired) electrons. The number of nitrogens with one attached hydrogen (secondary N) is 1. The van der Waals surface area contributed by atoms with Crippen LogP contribution in [0.2, 0.25) is 0 Å². The van der Waals surface area contributed by atoms with E-state index in [4.69, 9.17) is 0 Å². The van der Waals surface area contributed by atoms with Crippen molar-refractivity contribution in [3.8, 4) is 0 Å². The third-order valence-electron chi connectivity index (χ3n) is 3.42. The smallest absolute Gasteiger partial charge is 0.0623 e. The maximum atomic E-state index is 9.51. The Labute approximate surface area is 100 Å². The van der Waals surface area contributed by atoms with E-state index in [0.29, 0.717) is 6.04 Å². The summed E-state index contributed by atoms with van der Waals surface area (Å²) in [4.78, 5) is 2.33. The van der Waals surface area contributed by atoms with Crippen LogP contribution in [0.1, 0.15) is 40.0 Å². The lowest BCUT2D eigenvalue weighted by atomic mass is 10.0. The summed E-state index contributed by atoms with van der Waals surface area (Å²) in [5.41, 5.74) is -0.136. The van der Waals surface area contributed by atoms with Gasteiger partial charge in [-0.1, -0.05) is 20.3 Å². The van der Waals surface area contributed by atoms with Crippen LogP contribution in [-0.4, -0.2) is 48.3 Å². The Morgan fingerprint density at radius 3 is 2.56 bits per heavy atom. The molecular formula is C13H28N2O. The first-order valence-corrected chi connectivity index (χ1v) is 6.56. The van der Waals surface area contributed by atoms with Gasteiger partial charge in [0.25, 0.3) is 0 Å². The molecule has 2 atom stereocenters. The van der Waals surface area contributed by atoms with Gasteiger partial charge in [0.05, 0.1) is 12.1 Å². The topological polar surface area (TPSA) is 35.5 Å². The molecule has 2 unspecified atom stereocenters. The van der Waals surface area contributed by atoms with Crippen LogP contribution in [0.15, 0.2) is 0 Å². The molecule has 1 rings (SSSR count). The Morgan fingerprint density at radius 1 is 1.50 bits per heavy atom. The largest absolute Gasteiger partial charge is 0.394 e. The molecule has 2 N–H and O–H groups in total. The summed E-state index contributed by atoms with van der Waals surface area (Å²) in [6.07, 6.45) is 3.76. The summed E-state index contributed by atoms with van der Waals surface area (Å²) in [5, 5.41) is 13.1. The summed E-state index contributed by atoms with van der Waals surface area (Å²) in [6.45, 7) is 8.88. The zero-order valence-corrected chi connectivity index (χ0v) is 11.3. The maximum Gasteiger partial charge on any atom is 0.0623 e. The number of rotatable bonds is 8. The first-order valence-electron chi connectivity index (χ1n) is 6.56. The number of nitrogens with zero attached hydrogens (tertiary/aromatic N) is 1. The van der Waals surface area contributed by atoms with Crippen molar-refractivity contribution >= 4 is 0 Å². The molecule has 16 heavy (non-hydrogen) atoms. The summed E-state index contributed by atoms with van der Waals surface area (Å²) in [5.74, 6) is 0.730. The predicted molar refractivity (Wildman–Crippen MR) is 68.6 cm³/mol. The predicted octanol–water partition coefficient (Wildman–Crippen LogP) is 1.47. The monoisotopic (exact) mass is 228 g/mol. The van der Waals surface area contributed by atoms with Gasteiger partial charge in [-0.05, 0) is 32.7 Å². The number of aliphatic hydroxyl groups is 1. The molecule has 0 spiro atoms. The van der Waals surface area contributed by atoms with E-state index < -0.39 is 0 Å². The van der Waals surface area contributed by atoms with Crippen LogP contribution in [0.5, 0.6) is 0 Å². The summed E-state index contributed by atoms with van der Waals surface area (Å²) >= 11 is 0. The fourth-order valence-electron chi connectivity index (χ4n) is 2.18. The normalized spacial score (nSPS) is 22.1. The van der Waals surface area contributed by atoms with Crippen LogP contribution >= 0.6 is 0 Å². The quantitative estimate of drug-likeness (QED) is 0.660. The molecule has 0 aromatic heterocycles. The van der Waals surface area contributed by atoms with E-state index in [0.717, 1.165) is 19.0 Å². The van der Waals surface area contributed by atoms with Crippen molar-refractivity contribution in [2.24, 2.45) is 5.92 Å². The third kappa shape index (κ3) is 4.81. The van der Waals surface area contributed by atoms with E-state index in [2.05, 4.69) is 38.0 Å². The van der Waals surface area contributed by atoms with Gasteiger partial charge in [-0.2, -0.15) is 0 Å². The Kier molecular flexibility index (Phi) is 5.22. The van der Waals surface area contributed by atoms with Gasteiger partial charge in [0.1, 0.15) is 0 Å². The van der Waals surface area contributed by atoms with Crippen LogP contribution in [0, 0.1) is 5.92 Å². The van der Waals surface area contributed by atoms with Crippen molar-refractivity contribution in [2.75, 3.05) is 26.7 Å². The van der Waals surface area contributed by atoms with Gasteiger partial charge < -0.3 is 15.3 Å². The van der Waals surface area contributed by atoms with Gasteiger partial charge >= 0.3 is 0 Å². The van der Waals surface area contributed by atoms with Crippen molar-refractivity contribution in [1.82, 2.24) is 10.2 Å². The second-order valence-corrected chi connectivity index (χ2v) is 5.85. The molecule has 0 aromatic rings. The Balaban J connectivity index is 2.34. The highest BCUT2D eigenvalue weighted by molar-refractivity contribution is 4.94. The molecule has 96 valence electrons. The Morgan fingerprint density at radius 2 is 2.12 bits per heavy atom. The standard InChI is InChI=1S/C13H28N2O/c1-5-11(2)8-15(4)9-13(3,10-16)14-12-6-7-12/h11-12,14,16H,5-10H2,1-4H3. The molecule has 0 saturated heterocycles. The van der Waals surface area contributed by atoms with Gasteiger partial charge in [-0.25, -0.2) is 0 Å². The van der Waals surface area contributed by atoms with E-state index >= 15 is 0 Å². The third-order valence-corrected chi connectivity index (χ3v) is 3.42. The molecule has 0 aromatic carbocycles. The number of likely N-dealkylation sites (N-methyl/N-ethyl adjacent to an activating group) is 1. The highest BCUT2D eigenvalue weighted by atomic mass is 16.3. The zero-order valence-electron chi connectivity index (χ0n) is 11.3. The molecule has 1 saturated carbocycles. The van der Waals surface area contributed by atoms with E-state index in [-0.39, 0.29) is 12.1 Å². The van der Waals surface area contributed by atoms with Crippen molar-refractivity contribution in [3.05, 3.63) is 0 Å². The fraction of sp³-hybridized carbons (Fsp3) is 1.00. The van der Waals surface area contributed by atoms with E-state index in [1.165, 1.54) is 19.3 Å². The minimum Gasteiger partial charge on any atom is -0.394 e. The van der Waals surface area contributed by atoms with Crippen molar-refractivity contribution < 1.29 is 5.11 Å². The van der Waals surface area contributed by atoms with Crippen LogP contribution in [0.3, 0.4) is 0 Å². The maximum absolute atomic E-state index is 9.51. The summed E-state index contributed by atoms with van der Waals surface area (Å²) in [7, 11) is 2.15. The minimum atomic E-state index is -0.136. The average Bonchev–Trinajstić information content (AvgIpc) is 3.00. The van der Waals surface area contributed by atoms with Gasteiger partial charge in [-0.3, -0.25) is 0 Å². The lowest BCUT2D eigenvalue weighted by Gasteiger charge is -2.34. The van der Waals surface area contributed by atoms with Crippen molar-refractivity contribution in [1.29, 1.82) is 0 Å². The van der Waals surface area contributed by atoms with Crippen LogP contribution in [-0.2, 0) is 0 Å². The van der Waals surface area contributed by atoms with E-state index in [1.807, 2.05) is 0 Å². The first kappa shape index (κ1) is 13.9. The minimum absolute atomic E-state index is 0.136. The molecule has 0 heterocycles. The lowest BCUT2D eigenvalue weighted by Crippen LogP contribution is -2.54. The Hall–Kier alpha value is -0.120. The fourth-order valence-corrected chi connectivity index (χ4v) is 2.18. The highest BCUT2D eigenvalue weighted by Gasteiger charge is 2.32. The molecule has 1 fully saturated rings. The van der Waals surface area contributed by atoms with Crippen molar-refractivity contribution in [3.63, 3.8) is 0 Å². The SMILES string of the molecule is CCC(C)CN(C)CC(C)(CO)NC1CC1. The number of aliphatic hydroxyl groups excluding tert-OH is 1. The average molecular weight is 228 g/mol. The zero-order chi connectivity index (χ0) is 12.2. The van der Waals surface area contributed by atoms with Gasteiger partial charge in [-0.15, -0.1) is 0 Å². The first-order chi connectivity index (χ1) is 7.49. The molecule has 0 aliphatic heterocycles. The second kappa shape index (κ2) is 5.99. The lowest BCUT2D eigenvalue weighted by molar-refractivity contribution is 0.123. The van der Waals surface area contributed by atoms with Gasteiger partial charge in [0.2, 0.25) is 0 Å². The van der Waals surface area contributed by atoms with Crippen LogP contribution in [0.25, 0.3) is 0 Å². The van der Waals surface area contributed by atoms with E-state index in [1.54, 1.807) is 0 Å². The Bertz CT molecular complexity index is 206. The van der Waals surface area contributed by atoms with Gasteiger partial charge in [0.15, 0.2) is 0 Å². The molecule has 3 nitrogen and oxygen atoms in total. The highest BCUT2D eigenvalue weighted by Crippen LogP contribution is 2.22. The summed E-state index contributed by atoms with van der Waals surface area (Å²) < 4.78 is 0. The molecule has 0 bridgehead atoms. The number of hydrogen-bond acceptors (Lipinski definition) is 3. The molecule has 3 heteroatoms. The van der Waals surface area contributed by atoms with Gasteiger partial charge in [0, 0.05) is 19.1 Å². The van der Waals surface area contributed by atoms with Crippen LogP contribution < -0.4 is 5.32 Å². The number of hydrogen-bond donors (Lipinski definition) is 2. The molecule has 0 amide bonds. The van der Waals surface area contributed by atoms with Crippen LogP contribution in [0.4, 0.5) is 0 Å².